The summed E-state index contributed by atoms with van der Waals surface area (Å²) in [5, 5.41) is 3.01. The molecule has 1 heterocycles. The standard InChI is InChI=1S/C13H16BrNO4S/c1-19-13-3-2-9(6-11(13)14)12(16)7-15-10-4-5-20(17,18)8-10/h2-3,6,10,15H,4-5,7-8H2,1H3. The van der Waals surface area contributed by atoms with Crippen LogP contribution in [0.25, 0.3) is 0 Å². The Hall–Kier alpha value is -0.920. The normalized spacial score (nSPS) is 20.8. The van der Waals surface area contributed by atoms with E-state index in [2.05, 4.69) is 21.2 Å². The van der Waals surface area contributed by atoms with Crippen molar-refractivity contribution >= 4 is 31.6 Å². The van der Waals surface area contributed by atoms with Gasteiger partial charge in [0.05, 0.1) is 29.6 Å². The molecule has 0 aromatic heterocycles. The monoisotopic (exact) mass is 361 g/mol. The molecule has 0 saturated carbocycles. The number of hydrogen-bond donors (Lipinski definition) is 1. The molecule has 0 amide bonds. The van der Waals surface area contributed by atoms with Gasteiger partial charge in [-0.15, -0.1) is 0 Å². The Morgan fingerprint density at radius 1 is 1.50 bits per heavy atom. The van der Waals surface area contributed by atoms with Gasteiger partial charge in [0.2, 0.25) is 0 Å². The van der Waals surface area contributed by atoms with E-state index in [1.165, 1.54) is 0 Å². The minimum atomic E-state index is -2.92. The molecule has 1 aromatic rings. The molecule has 0 radical (unpaired) electrons. The van der Waals surface area contributed by atoms with Crippen molar-refractivity contribution in [2.45, 2.75) is 12.5 Å². The van der Waals surface area contributed by atoms with Crippen LogP contribution in [0.2, 0.25) is 0 Å². The maximum Gasteiger partial charge on any atom is 0.176 e. The van der Waals surface area contributed by atoms with E-state index in [0.717, 1.165) is 0 Å². The Kier molecular flexibility index (Phi) is 4.82. The number of nitrogens with one attached hydrogen (secondary N) is 1. The van der Waals surface area contributed by atoms with E-state index >= 15 is 0 Å². The molecule has 20 heavy (non-hydrogen) atoms. The zero-order valence-electron chi connectivity index (χ0n) is 11.1. The summed E-state index contributed by atoms with van der Waals surface area (Å²) in [7, 11) is -1.36. The lowest BCUT2D eigenvalue weighted by molar-refractivity contribution is 0.0988. The third-order valence-corrected chi connectivity index (χ3v) is 5.65. The van der Waals surface area contributed by atoms with Crippen LogP contribution in [0.4, 0.5) is 0 Å². The molecule has 5 nitrogen and oxygen atoms in total. The SMILES string of the molecule is COc1ccc(C(=O)CNC2CCS(=O)(=O)C2)cc1Br. The van der Waals surface area contributed by atoms with E-state index in [1.54, 1.807) is 25.3 Å². The zero-order valence-corrected chi connectivity index (χ0v) is 13.5. The quantitative estimate of drug-likeness (QED) is 0.802. The molecule has 0 spiro atoms. The summed E-state index contributed by atoms with van der Waals surface area (Å²) in [4.78, 5) is 12.0. The number of methoxy groups -OCH3 is 1. The van der Waals surface area contributed by atoms with Gasteiger partial charge in [-0.2, -0.15) is 0 Å². The second kappa shape index (κ2) is 6.24. The second-order valence-electron chi connectivity index (χ2n) is 4.75. The molecule has 0 aliphatic carbocycles. The number of carbonyl (C=O) groups is 1. The maximum absolute atomic E-state index is 12.0. The summed E-state index contributed by atoms with van der Waals surface area (Å²) in [6, 6.07) is 5.00. The van der Waals surface area contributed by atoms with Crippen LogP contribution in [0.15, 0.2) is 22.7 Å². The predicted octanol–water partition coefficient (Wildman–Crippen LogP) is 1.42. The predicted molar refractivity (Wildman–Crippen MR) is 80.1 cm³/mol. The average Bonchev–Trinajstić information content (AvgIpc) is 2.75. The van der Waals surface area contributed by atoms with E-state index in [0.29, 0.717) is 22.2 Å². The van der Waals surface area contributed by atoms with Crippen molar-refractivity contribution in [3.05, 3.63) is 28.2 Å². The minimum Gasteiger partial charge on any atom is -0.496 e. The van der Waals surface area contributed by atoms with Gasteiger partial charge in [-0.1, -0.05) is 0 Å². The van der Waals surface area contributed by atoms with Crippen LogP contribution >= 0.6 is 15.9 Å². The highest BCUT2D eigenvalue weighted by Crippen LogP contribution is 2.25. The fraction of sp³-hybridized carbons (Fsp3) is 0.462. The van der Waals surface area contributed by atoms with Crippen molar-refractivity contribution in [2.75, 3.05) is 25.2 Å². The van der Waals surface area contributed by atoms with Crippen molar-refractivity contribution in [2.24, 2.45) is 0 Å². The van der Waals surface area contributed by atoms with Gasteiger partial charge in [-0.05, 0) is 40.5 Å². The molecule has 0 bridgehead atoms. The van der Waals surface area contributed by atoms with E-state index < -0.39 is 9.84 Å². The fourth-order valence-corrected chi connectivity index (χ4v) is 4.38. The largest absolute Gasteiger partial charge is 0.496 e. The Morgan fingerprint density at radius 3 is 2.80 bits per heavy atom. The van der Waals surface area contributed by atoms with E-state index in [4.69, 9.17) is 4.74 Å². The van der Waals surface area contributed by atoms with Crippen molar-refractivity contribution in [1.82, 2.24) is 5.32 Å². The topological polar surface area (TPSA) is 72.5 Å². The molecule has 1 aromatic carbocycles. The van der Waals surface area contributed by atoms with Crippen LogP contribution in [0.1, 0.15) is 16.8 Å². The molecule has 1 unspecified atom stereocenters. The Balaban J connectivity index is 1.94. The molecular weight excluding hydrogens is 346 g/mol. The van der Waals surface area contributed by atoms with Crippen LogP contribution in [-0.4, -0.2) is 45.4 Å². The number of rotatable bonds is 5. The third kappa shape index (κ3) is 3.80. The molecule has 1 atom stereocenters. The first-order valence-electron chi connectivity index (χ1n) is 6.22. The molecule has 1 aliphatic heterocycles. The van der Waals surface area contributed by atoms with Gasteiger partial charge in [-0.25, -0.2) is 8.42 Å². The number of carbonyl (C=O) groups excluding carboxylic acids is 1. The Bertz CT molecular complexity index is 615. The molecular formula is C13H16BrNO4S. The van der Waals surface area contributed by atoms with Crippen LogP contribution in [-0.2, 0) is 9.84 Å². The van der Waals surface area contributed by atoms with E-state index in [9.17, 15) is 13.2 Å². The number of Topliss-reactive ketones (excluding diaryl/α,β-unsaturated/α-hetero) is 1. The molecule has 1 N–H and O–H groups in total. The number of sulfone groups is 1. The molecule has 110 valence electrons. The zero-order chi connectivity index (χ0) is 14.8. The van der Waals surface area contributed by atoms with Gasteiger partial charge in [-0.3, -0.25) is 4.79 Å². The first kappa shape index (κ1) is 15.5. The molecule has 1 aliphatic rings. The summed E-state index contributed by atoms with van der Waals surface area (Å²) in [6.45, 7) is 0.138. The highest BCUT2D eigenvalue weighted by molar-refractivity contribution is 9.10. The van der Waals surface area contributed by atoms with Crippen molar-refractivity contribution in [1.29, 1.82) is 0 Å². The second-order valence-corrected chi connectivity index (χ2v) is 7.84. The number of benzene rings is 1. The van der Waals surface area contributed by atoms with Crippen LogP contribution in [0, 0.1) is 0 Å². The van der Waals surface area contributed by atoms with Crippen LogP contribution in [0.5, 0.6) is 5.75 Å². The lowest BCUT2D eigenvalue weighted by Gasteiger charge is -2.10. The Labute approximate surface area is 126 Å². The maximum atomic E-state index is 12.0. The molecule has 1 fully saturated rings. The van der Waals surface area contributed by atoms with Crippen molar-refractivity contribution < 1.29 is 17.9 Å². The van der Waals surface area contributed by atoms with Gasteiger partial charge in [0.25, 0.3) is 0 Å². The van der Waals surface area contributed by atoms with E-state index in [-0.39, 0.29) is 29.9 Å². The van der Waals surface area contributed by atoms with Crippen molar-refractivity contribution in [3.8, 4) is 5.75 Å². The van der Waals surface area contributed by atoms with Gasteiger partial charge >= 0.3 is 0 Å². The highest BCUT2D eigenvalue weighted by atomic mass is 79.9. The molecule has 7 heteroatoms. The van der Waals surface area contributed by atoms with Crippen LogP contribution < -0.4 is 10.1 Å². The summed E-state index contributed by atoms with van der Waals surface area (Å²) >= 11 is 3.33. The lowest BCUT2D eigenvalue weighted by atomic mass is 10.1. The number of ketones is 1. The van der Waals surface area contributed by atoms with Gasteiger partial charge < -0.3 is 10.1 Å². The number of halogens is 1. The van der Waals surface area contributed by atoms with Gasteiger partial charge in [0.1, 0.15) is 5.75 Å². The summed E-state index contributed by atoms with van der Waals surface area (Å²) in [5.74, 6) is 0.911. The van der Waals surface area contributed by atoms with E-state index in [1.807, 2.05) is 0 Å². The van der Waals surface area contributed by atoms with Gasteiger partial charge in [0.15, 0.2) is 15.6 Å². The molecule has 1 saturated heterocycles. The summed E-state index contributed by atoms with van der Waals surface area (Å²) < 4.78 is 28.5. The number of hydrogen-bond acceptors (Lipinski definition) is 5. The fourth-order valence-electron chi connectivity index (χ4n) is 2.13. The van der Waals surface area contributed by atoms with Gasteiger partial charge in [0, 0.05) is 11.6 Å². The minimum absolute atomic E-state index is 0.0716. The molecule has 2 rings (SSSR count). The smallest absolute Gasteiger partial charge is 0.176 e. The first-order valence-corrected chi connectivity index (χ1v) is 8.83. The van der Waals surface area contributed by atoms with Crippen LogP contribution in [0.3, 0.4) is 0 Å². The number of ether oxygens (including phenoxy) is 1. The van der Waals surface area contributed by atoms with Crippen molar-refractivity contribution in [3.63, 3.8) is 0 Å². The highest BCUT2D eigenvalue weighted by Gasteiger charge is 2.27. The third-order valence-electron chi connectivity index (χ3n) is 3.26. The summed E-state index contributed by atoms with van der Waals surface area (Å²) in [6.07, 6.45) is 0.571. The summed E-state index contributed by atoms with van der Waals surface area (Å²) in [5.41, 5.74) is 0.561. The first-order chi connectivity index (χ1) is 9.41. The average molecular weight is 362 g/mol. The lowest BCUT2D eigenvalue weighted by Crippen LogP contribution is -2.34. The Morgan fingerprint density at radius 2 is 2.25 bits per heavy atom.